The first-order chi connectivity index (χ1) is 3.27. The Morgan fingerprint density at radius 2 is 2.29 bits per heavy atom. The van der Waals surface area contributed by atoms with Crippen molar-refractivity contribution in [3.8, 4) is 0 Å². The normalized spacial score (nSPS) is 9.71. The first-order valence-corrected chi connectivity index (χ1v) is 1.63. The van der Waals surface area contributed by atoms with E-state index in [0.717, 1.165) is 0 Å². The molecule has 7 heavy (non-hydrogen) atoms. The van der Waals surface area contributed by atoms with Crippen LogP contribution in [0.5, 0.6) is 0 Å². The van der Waals surface area contributed by atoms with Gasteiger partial charge in [0.1, 0.15) is 0 Å². The topological polar surface area (TPSA) is 29.5 Å². The van der Waals surface area contributed by atoms with Gasteiger partial charge >= 0.3 is 7.69 Å². The van der Waals surface area contributed by atoms with Gasteiger partial charge in [-0.3, -0.25) is 0 Å². The second kappa shape index (κ2) is 4.02. The van der Waals surface area contributed by atoms with Crippen LogP contribution in [-0.2, 0) is 4.65 Å². The summed E-state index contributed by atoms with van der Waals surface area (Å²) in [6.45, 7) is -0.740. The molecule has 0 fully saturated rings. The van der Waals surface area contributed by atoms with E-state index in [9.17, 15) is 8.78 Å². The van der Waals surface area contributed by atoms with Crippen molar-refractivity contribution in [2.45, 2.75) is 6.43 Å². The second-order valence-electron chi connectivity index (χ2n) is 0.830. The molecule has 0 saturated carbocycles. The Morgan fingerprint density at radius 1 is 1.71 bits per heavy atom. The van der Waals surface area contributed by atoms with Crippen LogP contribution in [0.4, 0.5) is 8.78 Å². The van der Waals surface area contributed by atoms with E-state index in [1.807, 2.05) is 0 Å². The molecule has 0 atom stereocenters. The molecule has 0 unspecified atom stereocenters. The fourth-order valence-corrected chi connectivity index (χ4v) is 0.116. The third kappa shape index (κ3) is 5.84. The molecular formula is C2H4BF2O2. The molecule has 0 aromatic heterocycles. The Morgan fingerprint density at radius 3 is 2.43 bits per heavy atom. The van der Waals surface area contributed by atoms with Gasteiger partial charge in [0.2, 0.25) is 0 Å². The molecule has 5 heteroatoms. The van der Waals surface area contributed by atoms with Crippen molar-refractivity contribution in [1.82, 2.24) is 0 Å². The summed E-state index contributed by atoms with van der Waals surface area (Å²) >= 11 is 0. The van der Waals surface area contributed by atoms with Gasteiger partial charge in [-0.05, 0) is 0 Å². The highest BCUT2D eigenvalue weighted by Gasteiger charge is 1.99. The molecule has 0 spiro atoms. The van der Waals surface area contributed by atoms with Crippen LogP contribution >= 0.6 is 0 Å². The van der Waals surface area contributed by atoms with Crippen molar-refractivity contribution >= 4 is 7.69 Å². The zero-order chi connectivity index (χ0) is 5.70. The van der Waals surface area contributed by atoms with E-state index in [4.69, 9.17) is 5.02 Å². The van der Waals surface area contributed by atoms with Crippen LogP contribution < -0.4 is 0 Å². The van der Waals surface area contributed by atoms with Crippen LogP contribution in [0.15, 0.2) is 0 Å². The van der Waals surface area contributed by atoms with Gasteiger partial charge in [0.15, 0.2) is 0 Å². The van der Waals surface area contributed by atoms with Crippen molar-refractivity contribution in [1.29, 1.82) is 0 Å². The fraction of sp³-hybridized carbons (Fsp3) is 1.00. The van der Waals surface area contributed by atoms with Crippen molar-refractivity contribution < 1.29 is 18.5 Å². The van der Waals surface area contributed by atoms with Gasteiger partial charge in [-0.1, -0.05) is 0 Å². The lowest BCUT2D eigenvalue weighted by Crippen LogP contribution is -2.06. The molecule has 2 nitrogen and oxygen atoms in total. The summed E-state index contributed by atoms with van der Waals surface area (Å²) in [7, 11) is 0.242. The Kier molecular flexibility index (Phi) is 3.93. The van der Waals surface area contributed by atoms with Crippen LogP contribution in [0.25, 0.3) is 0 Å². The minimum atomic E-state index is -2.51. The first kappa shape index (κ1) is 6.84. The lowest BCUT2D eigenvalue weighted by Gasteiger charge is -1.93. The molecule has 0 aromatic carbocycles. The van der Waals surface area contributed by atoms with Gasteiger partial charge in [-0.25, -0.2) is 8.78 Å². The lowest BCUT2D eigenvalue weighted by atomic mass is 10.4. The molecule has 0 bridgehead atoms. The third-order valence-electron chi connectivity index (χ3n) is 0.297. The summed E-state index contributed by atoms with van der Waals surface area (Å²) in [5.41, 5.74) is 0. The maximum absolute atomic E-state index is 11.0. The van der Waals surface area contributed by atoms with Gasteiger partial charge in [-0.15, -0.1) is 0 Å². The summed E-state index contributed by atoms with van der Waals surface area (Å²) in [6.07, 6.45) is -2.51. The quantitative estimate of drug-likeness (QED) is 0.508. The number of halogens is 2. The molecule has 41 valence electrons. The van der Waals surface area contributed by atoms with Gasteiger partial charge in [0.25, 0.3) is 6.43 Å². The second-order valence-corrected chi connectivity index (χ2v) is 0.830. The molecule has 0 rings (SSSR count). The van der Waals surface area contributed by atoms with E-state index in [1.165, 1.54) is 0 Å². The largest absolute Gasteiger partial charge is 0.485 e. The minimum absolute atomic E-state index is 0.242. The zero-order valence-corrected chi connectivity index (χ0v) is 3.47. The summed E-state index contributed by atoms with van der Waals surface area (Å²) in [4.78, 5) is 0. The van der Waals surface area contributed by atoms with Crippen LogP contribution in [0.2, 0.25) is 0 Å². The fourth-order valence-electron chi connectivity index (χ4n) is 0.116. The maximum Gasteiger partial charge on any atom is 0.485 e. The SMILES string of the molecule is O[B]OCC(F)F. The average molecular weight is 109 g/mol. The number of alkyl halides is 2. The molecule has 1 N–H and O–H groups in total. The smallest absolute Gasteiger partial charge is 0.429 e. The maximum atomic E-state index is 11.0. The Labute approximate surface area is 40.4 Å². The number of hydrogen-bond donors (Lipinski definition) is 1. The minimum Gasteiger partial charge on any atom is -0.429 e. The molecule has 0 amide bonds. The Bertz CT molecular complexity index is 42.7. The van der Waals surface area contributed by atoms with E-state index in [-0.39, 0.29) is 7.69 Å². The molecule has 0 heterocycles. The van der Waals surface area contributed by atoms with Crippen LogP contribution in [0.3, 0.4) is 0 Å². The van der Waals surface area contributed by atoms with Crippen molar-refractivity contribution in [3.05, 3.63) is 0 Å². The van der Waals surface area contributed by atoms with Crippen LogP contribution in [0.1, 0.15) is 0 Å². The highest BCUT2D eigenvalue weighted by atomic mass is 19.3. The van der Waals surface area contributed by atoms with E-state index in [1.54, 1.807) is 0 Å². The first-order valence-electron chi connectivity index (χ1n) is 1.63. The predicted molar refractivity (Wildman–Crippen MR) is 19.9 cm³/mol. The van der Waals surface area contributed by atoms with Gasteiger partial charge in [0, 0.05) is 0 Å². The average Bonchev–Trinajstić information content (AvgIpc) is 1.61. The molecule has 0 aliphatic carbocycles. The molecular weight excluding hydrogens is 105 g/mol. The standard InChI is InChI=1S/C2H4BF2O2/c4-2(5)1-7-3-6/h2,6H,1H2. The van der Waals surface area contributed by atoms with Gasteiger partial charge < -0.3 is 9.68 Å². The van der Waals surface area contributed by atoms with Crippen LogP contribution in [-0.4, -0.2) is 25.7 Å². The van der Waals surface area contributed by atoms with E-state index in [2.05, 4.69) is 4.65 Å². The van der Waals surface area contributed by atoms with E-state index < -0.39 is 13.0 Å². The number of rotatable bonds is 3. The van der Waals surface area contributed by atoms with Crippen LogP contribution in [0, 0.1) is 0 Å². The third-order valence-corrected chi connectivity index (χ3v) is 0.297. The lowest BCUT2D eigenvalue weighted by molar-refractivity contribution is 0.0765. The summed E-state index contributed by atoms with van der Waals surface area (Å²) in [5, 5.41) is 7.63. The summed E-state index contributed by atoms with van der Waals surface area (Å²) in [6, 6.07) is 0. The Balaban J connectivity index is 2.68. The van der Waals surface area contributed by atoms with Crippen molar-refractivity contribution in [2.75, 3.05) is 6.61 Å². The van der Waals surface area contributed by atoms with Crippen molar-refractivity contribution in [3.63, 3.8) is 0 Å². The van der Waals surface area contributed by atoms with E-state index in [0.29, 0.717) is 0 Å². The predicted octanol–water partition coefficient (Wildman–Crippen LogP) is -0.205. The van der Waals surface area contributed by atoms with Gasteiger partial charge in [0.05, 0.1) is 6.61 Å². The zero-order valence-electron chi connectivity index (χ0n) is 3.47. The summed E-state index contributed by atoms with van der Waals surface area (Å²) < 4.78 is 25.7. The molecule has 0 saturated heterocycles. The molecule has 1 radical (unpaired) electrons. The highest BCUT2D eigenvalue weighted by Crippen LogP contribution is 1.89. The van der Waals surface area contributed by atoms with E-state index >= 15 is 0 Å². The number of hydrogen-bond acceptors (Lipinski definition) is 2. The molecule has 0 aromatic rings. The van der Waals surface area contributed by atoms with Gasteiger partial charge in [-0.2, -0.15) is 0 Å². The Hall–Kier alpha value is -0.155. The van der Waals surface area contributed by atoms with Crippen molar-refractivity contribution in [2.24, 2.45) is 0 Å². The monoisotopic (exact) mass is 109 g/mol. The molecule has 0 aliphatic heterocycles. The highest BCUT2D eigenvalue weighted by molar-refractivity contribution is 6.15. The summed E-state index contributed by atoms with van der Waals surface area (Å²) in [5.74, 6) is 0. The molecule has 0 aliphatic rings.